The van der Waals surface area contributed by atoms with Crippen LogP contribution >= 0.6 is 0 Å². The monoisotopic (exact) mass is 1470 g/mol. The standard InChI is InChI=1S/C74H115N7O23/c1-43(2)63(81-62(84)18-22-90-24-26-92-28-30-94-32-33-95-31-29-93-27-25-91-23-20-75)71(86)80-55(8-7-21-77-72(76)87)70(85)79-48-11-9-47(10-12-48)42-96-73(88)78-41-50(83)38-60-64(89-6)54-37-49(82)36-52-14-16-57-65(99-52)69-68-67(101-57)66-61(102-68)40-74(103-66,104-69)19-17-53-35-45(4)56(97-53)15-13-51-34-44(3)46(5)58(98-51)39-59(54)100-60/h9-12,43-44,50-61,63-69,83H,4-5,7-8,13-42,75H2,1-3,6H3,(H,78,88)(H,79,85)(H,80,86)(H,81,84)(H3,76,77,87)/t44-,50+,51+,52-,53+,54+,55+,56+,57+,58-,59+,60-,61-,63+,64-,65+,66+,67?,68?,69+,74+/m1/s1. The minimum Gasteiger partial charge on any atom is -0.445 e. The molecule has 104 heavy (non-hydrogen) atoms. The maximum Gasteiger partial charge on any atom is 0.407 e. The number of nitrogens with two attached hydrogens (primary N) is 2. The molecule has 30 heteroatoms. The van der Waals surface area contributed by atoms with E-state index >= 15 is 0 Å². The van der Waals surface area contributed by atoms with E-state index in [0.29, 0.717) is 109 Å². The van der Waals surface area contributed by atoms with Gasteiger partial charge >= 0.3 is 12.1 Å². The second-order valence-electron chi connectivity index (χ2n) is 29.3. The Labute approximate surface area is 610 Å². The first-order chi connectivity index (χ1) is 50.2. The van der Waals surface area contributed by atoms with Crippen LogP contribution in [0, 0.1) is 17.8 Å². The first-order valence-corrected chi connectivity index (χ1v) is 37.7. The van der Waals surface area contributed by atoms with E-state index in [0.717, 1.165) is 43.3 Å². The SMILES string of the molecule is C=C1C[C@@H]2CC[C@@]34C[C@H]5OC6C(O[C@H]7CC[C@H](CC(=O)C[C@@H]8[C@@H](OC)[C@@H](C[C@H](O)CNC(=O)OCc9ccc(NC(=O)[C@H](CCCNC(N)=O)NC(=O)[C@@H](NC(=O)CCOCCOCCOCCOCCOCCOCCN)C(C)C)cc9)O[C@H]8C[C@H]8O[C@@H](CC[C@@H]1O2)C[C@@H](C)C8=C)O[C@@H]7[C@@H]6O3)[C@H]5O4. The molecule has 10 aliphatic heterocycles. The fraction of sp³-hybridized carbons (Fsp3) is 0.784. The molecule has 6 amide bonds. The highest BCUT2D eigenvalue weighted by Gasteiger charge is 2.69. The molecule has 0 saturated carbocycles. The van der Waals surface area contributed by atoms with Crippen LogP contribution in [0.15, 0.2) is 48.6 Å². The Balaban J connectivity index is 0.668. The zero-order chi connectivity index (χ0) is 73.7. The van der Waals surface area contributed by atoms with E-state index in [1.54, 1.807) is 45.2 Å². The van der Waals surface area contributed by atoms with Crippen molar-refractivity contribution in [3.05, 3.63) is 54.1 Å². The van der Waals surface area contributed by atoms with Crippen molar-refractivity contribution in [2.45, 2.75) is 246 Å². The number of benzene rings is 1. The van der Waals surface area contributed by atoms with Crippen molar-refractivity contribution in [2.24, 2.45) is 29.2 Å². The predicted octanol–water partition coefficient (Wildman–Crippen LogP) is 3.87. The largest absolute Gasteiger partial charge is 0.445 e. The van der Waals surface area contributed by atoms with Gasteiger partial charge in [0.25, 0.3) is 0 Å². The summed E-state index contributed by atoms with van der Waals surface area (Å²) in [5.41, 5.74) is 13.6. The number of urea groups is 1. The van der Waals surface area contributed by atoms with Gasteiger partial charge in [0.2, 0.25) is 17.7 Å². The number of anilines is 1. The fourth-order valence-electron chi connectivity index (χ4n) is 15.9. The number of alkyl carbamates (subject to hydrolysis) is 1. The molecule has 10 heterocycles. The summed E-state index contributed by atoms with van der Waals surface area (Å²) in [6, 6.07) is 3.71. The number of primary amides is 1. The van der Waals surface area contributed by atoms with Gasteiger partial charge in [0.15, 0.2) is 5.79 Å². The minimum absolute atomic E-state index is 0.00337. The van der Waals surface area contributed by atoms with E-state index in [1.165, 1.54) is 0 Å². The number of carbonyl (C=O) groups is 6. The summed E-state index contributed by atoms with van der Waals surface area (Å²) in [5.74, 6) is -3.06. The first-order valence-electron chi connectivity index (χ1n) is 37.7. The number of ether oxygens (including phenoxy) is 16. The average molecular weight is 1470 g/mol. The molecule has 10 N–H and O–H groups in total. The highest BCUT2D eigenvalue weighted by Crippen LogP contribution is 2.55. The summed E-state index contributed by atoms with van der Waals surface area (Å²) in [7, 11) is 1.59. The summed E-state index contributed by atoms with van der Waals surface area (Å²) in [4.78, 5) is 79.9. The number of Topliss-reactive ketones (excluding diaryl/α,β-unsaturated/α-hetero) is 1. The van der Waals surface area contributed by atoms with E-state index in [4.69, 9.17) is 87.3 Å². The number of hydrogen-bond donors (Lipinski definition) is 8. The number of nitrogens with one attached hydrogen (secondary N) is 5. The number of amides is 6. The van der Waals surface area contributed by atoms with Gasteiger partial charge in [-0.2, -0.15) is 0 Å². The number of hydrogen-bond acceptors (Lipinski definition) is 24. The number of rotatable bonds is 37. The second-order valence-corrected chi connectivity index (χ2v) is 29.3. The van der Waals surface area contributed by atoms with Gasteiger partial charge < -0.3 is 119 Å². The van der Waals surface area contributed by atoms with Crippen molar-refractivity contribution < 1.29 is 110 Å². The number of methoxy groups -OCH3 is 1. The molecule has 2 unspecified atom stereocenters. The van der Waals surface area contributed by atoms with Gasteiger partial charge in [-0.05, 0) is 98.5 Å². The molecule has 12 bridgehead atoms. The maximum atomic E-state index is 14.6. The summed E-state index contributed by atoms with van der Waals surface area (Å²) in [5, 5.41) is 25.1. The number of aliphatic hydroxyl groups is 1. The zero-order valence-electron chi connectivity index (χ0n) is 61.1. The molecule has 0 aromatic heterocycles. The van der Waals surface area contributed by atoms with Crippen LogP contribution in [0.25, 0.3) is 0 Å². The van der Waals surface area contributed by atoms with Crippen molar-refractivity contribution in [2.75, 3.05) is 111 Å². The number of aliphatic hydroxyl groups excluding tert-OH is 1. The van der Waals surface area contributed by atoms with Gasteiger partial charge in [-0.1, -0.05) is 46.1 Å². The van der Waals surface area contributed by atoms with Gasteiger partial charge in [-0.3, -0.25) is 19.2 Å². The van der Waals surface area contributed by atoms with Crippen LogP contribution in [-0.2, 0) is 102 Å². The zero-order valence-corrected chi connectivity index (χ0v) is 61.1. The van der Waals surface area contributed by atoms with E-state index in [9.17, 15) is 33.9 Å². The van der Waals surface area contributed by atoms with Gasteiger partial charge in [-0.15, -0.1) is 0 Å². The van der Waals surface area contributed by atoms with Gasteiger partial charge in [-0.25, -0.2) is 9.59 Å². The lowest BCUT2D eigenvalue weighted by molar-refractivity contribution is -0.292. The highest BCUT2D eigenvalue weighted by atomic mass is 16.8. The van der Waals surface area contributed by atoms with Crippen LogP contribution in [0.3, 0.4) is 0 Å². The van der Waals surface area contributed by atoms with Crippen LogP contribution in [-0.4, -0.2) is 262 Å². The lowest BCUT2D eigenvalue weighted by Gasteiger charge is -2.47. The van der Waals surface area contributed by atoms with Crippen molar-refractivity contribution in [3.8, 4) is 0 Å². The smallest absolute Gasteiger partial charge is 0.407 e. The van der Waals surface area contributed by atoms with Crippen molar-refractivity contribution in [3.63, 3.8) is 0 Å². The van der Waals surface area contributed by atoms with Gasteiger partial charge in [0.05, 0.1) is 146 Å². The molecule has 0 radical (unpaired) electrons. The summed E-state index contributed by atoms with van der Waals surface area (Å²) >= 11 is 0. The molecule has 21 atom stereocenters. The predicted molar refractivity (Wildman–Crippen MR) is 375 cm³/mol. The molecule has 10 saturated heterocycles. The Morgan fingerprint density at radius 1 is 0.673 bits per heavy atom. The van der Waals surface area contributed by atoms with Crippen molar-refractivity contribution >= 4 is 41.3 Å². The Bertz CT molecular complexity index is 2950. The lowest BCUT2D eigenvalue weighted by Crippen LogP contribution is -2.61. The minimum atomic E-state index is -1.10. The van der Waals surface area contributed by atoms with Gasteiger partial charge in [0, 0.05) is 83.3 Å². The molecule has 1 aromatic rings. The normalized spacial score (nSPS) is 32.4. The van der Waals surface area contributed by atoms with Crippen molar-refractivity contribution in [1.29, 1.82) is 0 Å². The Kier molecular flexibility index (Phi) is 31.4. The van der Waals surface area contributed by atoms with E-state index in [1.807, 2.05) is 0 Å². The molecule has 10 fully saturated rings. The Morgan fingerprint density at radius 2 is 1.32 bits per heavy atom. The maximum absolute atomic E-state index is 14.6. The summed E-state index contributed by atoms with van der Waals surface area (Å²) < 4.78 is 99.2. The molecular weight excluding hydrogens is 1350 g/mol. The molecule has 10 aliphatic rings. The average Bonchev–Trinajstić information content (AvgIpc) is 1.55. The number of carbonyl (C=O) groups excluding carboxylic acids is 6. The summed E-state index contributed by atoms with van der Waals surface area (Å²) in [6.07, 6.45) is 0.864. The quantitative estimate of drug-likeness (QED) is 0.0346. The van der Waals surface area contributed by atoms with Gasteiger partial charge in [0.1, 0.15) is 55.0 Å². The molecule has 1 spiro atoms. The van der Waals surface area contributed by atoms with E-state index < -0.39 is 90.3 Å². The van der Waals surface area contributed by atoms with Crippen LogP contribution in [0.2, 0.25) is 0 Å². The third-order valence-corrected chi connectivity index (χ3v) is 21.2. The third-order valence-electron chi connectivity index (χ3n) is 21.2. The highest BCUT2D eigenvalue weighted by molar-refractivity contribution is 5.98. The van der Waals surface area contributed by atoms with E-state index in [2.05, 4.69) is 46.7 Å². The molecule has 584 valence electrons. The van der Waals surface area contributed by atoms with Crippen LogP contribution in [0.4, 0.5) is 15.3 Å². The Morgan fingerprint density at radius 3 is 2.00 bits per heavy atom. The molecule has 11 rings (SSSR count). The first kappa shape index (κ1) is 81.2. The summed E-state index contributed by atoms with van der Waals surface area (Å²) in [6.45, 7) is 19.5. The molecule has 0 aliphatic carbocycles. The number of fused-ring (bicyclic) bond motifs is 6. The third kappa shape index (κ3) is 23.1. The molecule has 30 nitrogen and oxygen atoms in total. The van der Waals surface area contributed by atoms with E-state index in [-0.39, 0.29) is 157 Å². The topological polar surface area (TPSA) is 383 Å². The van der Waals surface area contributed by atoms with Crippen LogP contribution in [0.5, 0.6) is 0 Å². The number of ketones is 1. The molecular formula is C74H115N7O23. The van der Waals surface area contributed by atoms with Crippen molar-refractivity contribution in [1.82, 2.24) is 21.3 Å². The lowest BCUT2D eigenvalue weighted by atomic mass is 9.81. The van der Waals surface area contributed by atoms with Crippen LogP contribution in [0.1, 0.15) is 129 Å². The van der Waals surface area contributed by atoms with Crippen LogP contribution < -0.4 is 38.1 Å². The fourth-order valence-corrected chi connectivity index (χ4v) is 15.9. The Hall–Kier alpha value is -5.36. The second kappa shape index (κ2) is 40.2. The molecule has 1 aromatic carbocycles.